The van der Waals surface area contributed by atoms with Crippen molar-refractivity contribution in [3.63, 3.8) is 0 Å². The van der Waals surface area contributed by atoms with Crippen LogP contribution in [0.1, 0.15) is 20.3 Å². The van der Waals surface area contributed by atoms with Crippen LogP contribution in [-0.4, -0.2) is 42.8 Å². The Bertz CT molecular complexity index is 416. The Morgan fingerprint density at radius 2 is 1.95 bits per heavy atom. The van der Waals surface area contributed by atoms with Gasteiger partial charge in [0, 0.05) is 19.2 Å². The van der Waals surface area contributed by atoms with E-state index in [2.05, 4.69) is 5.32 Å². The first-order valence-electron chi connectivity index (χ1n) is 7.35. The van der Waals surface area contributed by atoms with Crippen LogP contribution in [0.3, 0.4) is 0 Å². The molecule has 0 fully saturated rings. The molecule has 4 N–H and O–H groups in total. The van der Waals surface area contributed by atoms with Crippen LogP contribution in [0.5, 0.6) is 0 Å². The van der Waals surface area contributed by atoms with E-state index in [-0.39, 0.29) is 18.4 Å². The predicted octanol–water partition coefficient (Wildman–Crippen LogP) is 0.680. The number of aliphatic hydroxyl groups excluding tert-OH is 1. The van der Waals surface area contributed by atoms with E-state index in [0.29, 0.717) is 19.6 Å². The minimum absolute atomic E-state index is 0.0681. The molecule has 0 aromatic carbocycles. The average molecular weight is 310 g/mol. The summed E-state index contributed by atoms with van der Waals surface area (Å²) in [6, 6.07) is 0. The average Bonchev–Trinajstić information content (AvgIpc) is 2.51. The number of ether oxygens (including phenoxy) is 1. The molecule has 2 atom stereocenters. The number of rotatable bonds is 10. The van der Waals surface area contributed by atoms with Crippen molar-refractivity contribution in [1.29, 1.82) is 0 Å². The van der Waals surface area contributed by atoms with Crippen molar-refractivity contribution < 1.29 is 19.4 Å². The van der Waals surface area contributed by atoms with Gasteiger partial charge in [-0.05, 0) is 13.3 Å². The fourth-order valence-electron chi connectivity index (χ4n) is 1.45. The lowest BCUT2D eigenvalue weighted by molar-refractivity contribution is -0.137. The zero-order chi connectivity index (χ0) is 16.8. The van der Waals surface area contributed by atoms with Gasteiger partial charge in [-0.2, -0.15) is 0 Å². The summed E-state index contributed by atoms with van der Waals surface area (Å²) < 4.78 is 4.72. The fraction of sp³-hybridized carbons (Fsp3) is 0.500. The van der Waals surface area contributed by atoms with Gasteiger partial charge in [-0.1, -0.05) is 37.3 Å². The molecule has 1 amide bonds. The summed E-state index contributed by atoms with van der Waals surface area (Å²) in [4.78, 5) is 22.6. The van der Waals surface area contributed by atoms with E-state index >= 15 is 0 Å². The molecule has 0 aromatic rings. The molecule has 124 valence electrons. The summed E-state index contributed by atoms with van der Waals surface area (Å²) in [6.45, 7) is 4.31. The van der Waals surface area contributed by atoms with Gasteiger partial charge in [-0.25, -0.2) is 4.79 Å². The van der Waals surface area contributed by atoms with Crippen LogP contribution in [0.2, 0.25) is 0 Å². The van der Waals surface area contributed by atoms with Crippen LogP contribution in [0, 0.1) is 5.92 Å². The number of hydrogen-bond acceptors (Lipinski definition) is 5. The molecule has 6 heteroatoms. The summed E-state index contributed by atoms with van der Waals surface area (Å²) in [5.41, 5.74) is 5.30. The molecular formula is C16H26N2O4. The molecule has 0 saturated carbocycles. The molecule has 0 rings (SSSR count). The molecule has 0 unspecified atom stereocenters. The number of hydrogen-bond donors (Lipinski definition) is 3. The van der Waals surface area contributed by atoms with E-state index in [1.54, 1.807) is 32.1 Å². The van der Waals surface area contributed by atoms with Crippen molar-refractivity contribution >= 4 is 11.9 Å². The molecule has 0 saturated heterocycles. The van der Waals surface area contributed by atoms with E-state index in [9.17, 15) is 14.7 Å². The Morgan fingerprint density at radius 1 is 1.27 bits per heavy atom. The third-order valence-electron chi connectivity index (χ3n) is 2.83. The lowest BCUT2D eigenvalue weighted by Crippen LogP contribution is -2.39. The molecule has 0 radical (unpaired) electrons. The normalized spacial score (nSPS) is 14.5. The van der Waals surface area contributed by atoms with Crippen molar-refractivity contribution in [1.82, 2.24) is 5.32 Å². The van der Waals surface area contributed by atoms with E-state index < -0.39 is 12.0 Å². The zero-order valence-electron chi connectivity index (χ0n) is 13.2. The van der Waals surface area contributed by atoms with E-state index in [1.165, 1.54) is 6.08 Å². The second-order valence-corrected chi connectivity index (χ2v) is 4.60. The smallest absolute Gasteiger partial charge is 0.330 e. The van der Waals surface area contributed by atoms with Gasteiger partial charge < -0.3 is 20.9 Å². The zero-order valence-corrected chi connectivity index (χ0v) is 13.2. The molecule has 0 aliphatic rings. The summed E-state index contributed by atoms with van der Waals surface area (Å²) in [6.07, 6.45) is 9.99. The van der Waals surface area contributed by atoms with Gasteiger partial charge in [0.25, 0.3) is 0 Å². The molecular weight excluding hydrogens is 284 g/mol. The Kier molecular flexibility index (Phi) is 11.7. The topological polar surface area (TPSA) is 102 Å². The third-order valence-corrected chi connectivity index (χ3v) is 2.83. The van der Waals surface area contributed by atoms with Crippen molar-refractivity contribution in [2.24, 2.45) is 11.7 Å². The second kappa shape index (κ2) is 12.8. The number of nitrogens with two attached hydrogens (primary N) is 1. The lowest BCUT2D eigenvalue weighted by Gasteiger charge is -2.16. The highest BCUT2D eigenvalue weighted by atomic mass is 16.5. The van der Waals surface area contributed by atoms with Gasteiger partial charge in [0.15, 0.2) is 0 Å². The van der Waals surface area contributed by atoms with Gasteiger partial charge in [0.1, 0.15) is 0 Å². The highest BCUT2D eigenvalue weighted by Crippen LogP contribution is 2.01. The first kappa shape index (κ1) is 20.1. The van der Waals surface area contributed by atoms with Gasteiger partial charge in [-0.15, -0.1) is 0 Å². The molecule has 0 aliphatic carbocycles. The number of nitrogens with one attached hydrogen (secondary N) is 1. The minimum atomic E-state index is -0.815. The summed E-state index contributed by atoms with van der Waals surface area (Å²) >= 11 is 0. The minimum Gasteiger partial charge on any atom is -0.463 e. The first-order valence-corrected chi connectivity index (χ1v) is 7.35. The summed E-state index contributed by atoms with van der Waals surface area (Å²) in [5, 5.41) is 12.2. The van der Waals surface area contributed by atoms with Crippen LogP contribution in [0.25, 0.3) is 0 Å². The van der Waals surface area contributed by atoms with Gasteiger partial charge in [0.05, 0.1) is 18.6 Å². The van der Waals surface area contributed by atoms with Crippen molar-refractivity contribution in [2.45, 2.75) is 26.4 Å². The highest BCUT2D eigenvalue weighted by molar-refractivity contribution is 5.82. The maximum Gasteiger partial charge on any atom is 0.330 e. The van der Waals surface area contributed by atoms with Crippen molar-refractivity contribution in [3.05, 3.63) is 36.5 Å². The number of aliphatic hydroxyl groups is 1. The summed E-state index contributed by atoms with van der Waals surface area (Å²) in [5.74, 6) is -1.09. The maximum absolute atomic E-state index is 11.6. The van der Waals surface area contributed by atoms with Crippen LogP contribution in [-0.2, 0) is 14.3 Å². The SMILES string of the molecule is CCOC(=O)/C=C/C=C/C=C/CCNC(=O)[C@@H](C)[C@@H](O)CN. The molecule has 0 aliphatic heterocycles. The van der Waals surface area contributed by atoms with E-state index in [1.807, 2.05) is 12.2 Å². The second-order valence-electron chi connectivity index (χ2n) is 4.60. The molecule has 0 aromatic heterocycles. The number of carbonyl (C=O) groups is 2. The maximum atomic E-state index is 11.6. The third kappa shape index (κ3) is 9.90. The van der Waals surface area contributed by atoms with Gasteiger partial charge in [0.2, 0.25) is 5.91 Å². The number of carbonyl (C=O) groups excluding carboxylic acids is 2. The standard InChI is InChI=1S/C16H26N2O4/c1-3-22-15(20)10-8-6-4-5-7-9-11-18-16(21)13(2)14(19)12-17/h4-8,10,13-14,19H,3,9,11-12,17H2,1-2H3,(H,18,21)/b6-4+,7-5+,10-8+/t13-,14-/m0/s1. The molecule has 6 nitrogen and oxygen atoms in total. The summed E-state index contributed by atoms with van der Waals surface area (Å²) in [7, 11) is 0. The Morgan fingerprint density at radius 3 is 2.59 bits per heavy atom. The molecule has 0 heterocycles. The highest BCUT2D eigenvalue weighted by Gasteiger charge is 2.19. The lowest BCUT2D eigenvalue weighted by atomic mass is 10.0. The number of esters is 1. The molecule has 22 heavy (non-hydrogen) atoms. The quantitative estimate of drug-likeness (QED) is 0.238. The van der Waals surface area contributed by atoms with Crippen molar-refractivity contribution in [3.8, 4) is 0 Å². The molecule has 0 spiro atoms. The van der Waals surface area contributed by atoms with E-state index in [0.717, 1.165) is 0 Å². The largest absolute Gasteiger partial charge is 0.463 e. The Labute approximate surface area is 131 Å². The number of amides is 1. The van der Waals surface area contributed by atoms with Gasteiger partial charge >= 0.3 is 5.97 Å². The Hall–Kier alpha value is -1.92. The van der Waals surface area contributed by atoms with Crippen LogP contribution < -0.4 is 11.1 Å². The monoisotopic (exact) mass is 310 g/mol. The Balaban J connectivity index is 3.83. The van der Waals surface area contributed by atoms with Crippen molar-refractivity contribution in [2.75, 3.05) is 19.7 Å². The fourth-order valence-corrected chi connectivity index (χ4v) is 1.45. The molecule has 0 bridgehead atoms. The van der Waals surface area contributed by atoms with Crippen LogP contribution >= 0.6 is 0 Å². The number of allylic oxidation sites excluding steroid dienone is 4. The predicted molar refractivity (Wildman–Crippen MR) is 85.9 cm³/mol. The van der Waals surface area contributed by atoms with E-state index in [4.69, 9.17) is 10.5 Å². The first-order chi connectivity index (χ1) is 10.5. The van der Waals surface area contributed by atoms with Crippen LogP contribution in [0.15, 0.2) is 36.5 Å². The van der Waals surface area contributed by atoms with Crippen LogP contribution in [0.4, 0.5) is 0 Å². The van der Waals surface area contributed by atoms with Gasteiger partial charge in [-0.3, -0.25) is 4.79 Å².